The zero-order valence-electron chi connectivity index (χ0n) is 18.4. The minimum absolute atomic E-state index is 0.379. The lowest BCUT2D eigenvalue weighted by Crippen LogP contribution is -2.22. The molecule has 1 aliphatic rings. The van der Waals surface area contributed by atoms with Crippen molar-refractivity contribution in [1.29, 1.82) is 0 Å². The van der Waals surface area contributed by atoms with Crippen molar-refractivity contribution in [2.75, 3.05) is 0 Å². The molecule has 0 radical (unpaired) electrons. The SMILES string of the molecule is O=c1oc2ccccc2c2c1C(c1ccc(Br)cc1)c1c(ncn3nc(-c4ccccc4Br)nc13)O2. The van der Waals surface area contributed by atoms with E-state index in [0.717, 1.165) is 20.1 Å². The summed E-state index contributed by atoms with van der Waals surface area (Å²) in [6.45, 7) is 0. The third kappa shape index (κ3) is 3.23. The Bertz CT molecular complexity index is 1880. The summed E-state index contributed by atoms with van der Waals surface area (Å²) in [6.07, 6.45) is 1.58. The molecule has 174 valence electrons. The second kappa shape index (κ2) is 8.11. The number of para-hydroxylation sites is 1. The van der Waals surface area contributed by atoms with Gasteiger partial charge < -0.3 is 9.15 Å². The lowest BCUT2D eigenvalue weighted by atomic mass is 9.84. The van der Waals surface area contributed by atoms with Gasteiger partial charge in [-0.25, -0.2) is 19.3 Å². The van der Waals surface area contributed by atoms with Gasteiger partial charge in [-0.1, -0.05) is 68.3 Å². The maximum absolute atomic E-state index is 13.4. The van der Waals surface area contributed by atoms with Crippen molar-refractivity contribution in [3.05, 3.63) is 115 Å². The molecule has 1 aliphatic heterocycles. The Morgan fingerprint density at radius 2 is 1.67 bits per heavy atom. The molecular formula is C27H14Br2N4O3. The number of ether oxygens (including phenoxy) is 1. The molecule has 7 rings (SSSR count). The highest BCUT2D eigenvalue weighted by atomic mass is 79.9. The largest absolute Gasteiger partial charge is 0.437 e. The normalized spacial score (nSPS) is 14.4. The number of hydrogen-bond donors (Lipinski definition) is 0. The van der Waals surface area contributed by atoms with Gasteiger partial charge >= 0.3 is 5.63 Å². The molecule has 7 nitrogen and oxygen atoms in total. The number of nitrogens with zero attached hydrogens (tertiary/aromatic N) is 4. The molecule has 3 aromatic heterocycles. The smallest absolute Gasteiger partial charge is 0.344 e. The second-order valence-corrected chi connectivity index (χ2v) is 10.1. The fraction of sp³-hybridized carbons (Fsp3) is 0.0370. The first-order valence-corrected chi connectivity index (χ1v) is 12.7. The van der Waals surface area contributed by atoms with E-state index < -0.39 is 11.5 Å². The minimum atomic E-state index is -0.523. The molecule has 1 atom stereocenters. The van der Waals surface area contributed by atoms with Gasteiger partial charge in [0.1, 0.15) is 11.9 Å². The van der Waals surface area contributed by atoms with Gasteiger partial charge in [0.2, 0.25) is 5.88 Å². The summed E-state index contributed by atoms with van der Waals surface area (Å²) in [5, 5.41) is 5.38. The van der Waals surface area contributed by atoms with Gasteiger partial charge in [0, 0.05) is 14.5 Å². The molecule has 4 heterocycles. The van der Waals surface area contributed by atoms with E-state index in [1.54, 1.807) is 16.9 Å². The molecule has 0 amide bonds. The van der Waals surface area contributed by atoms with Crippen molar-refractivity contribution in [2.45, 2.75) is 5.92 Å². The van der Waals surface area contributed by atoms with Crippen molar-refractivity contribution >= 4 is 48.5 Å². The van der Waals surface area contributed by atoms with Gasteiger partial charge in [0.15, 0.2) is 17.2 Å². The monoisotopic (exact) mass is 600 g/mol. The summed E-state index contributed by atoms with van der Waals surface area (Å²) in [7, 11) is 0. The molecule has 0 aliphatic carbocycles. The van der Waals surface area contributed by atoms with Gasteiger partial charge in [0.25, 0.3) is 0 Å². The summed E-state index contributed by atoms with van der Waals surface area (Å²) in [5.74, 6) is 0.836. The fourth-order valence-corrected chi connectivity index (χ4v) is 5.40. The molecule has 36 heavy (non-hydrogen) atoms. The van der Waals surface area contributed by atoms with Crippen molar-refractivity contribution < 1.29 is 9.15 Å². The molecule has 0 fully saturated rings. The average Bonchev–Trinajstić information content (AvgIpc) is 3.33. The van der Waals surface area contributed by atoms with Crippen LogP contribution in [0.1, 0.15) is 22.6 Å². The topological polar surface area (TPSA) is 82.5 Å². The molecule has 0 saturated carbocycles. The lowest BCUT2D eigenvalue weighted by molar-refractivity contribution is 0.422. The lowest BCUT2D eigenvalue weighted by Gasteiger charge is -2.27. The van der Waals surface area contributed by atoms with Gasteiger partial charge in [-0.2, -0.15) is 0 Å². The molecule has 0 saturated heterocycles. The van der Waals surface area contributed by atoms with Crippen LogP contribution in [0, 0.1) is 0 Å². The number of benzene rings is 3. The fourth-order valence-electron chi connectivity index (χ4n) is 4.67. The maximum atomic E-state index is 13.4. The Labute approximate surface area is 220 Å². The Hall–Kier alpha value is -3.82. The molecule has 3 aromatic carbocycles. The first-order chi connectivity index (χ1) is 17.6. The first-order valence-electron chi connectivity index (χ1n) is 11.1. The van der Waals surface area contributed by atoms with E-state index in [0.29, 0.717) is 45.2 Å². The average molecular weight is 602 g/mol. The Morgan fingerprint density at radius 3 is 2.50 bits per heavy atom. The highest BCUT2D eigenvalue weighted by Crippen LogP contribution is 2.49. The summed E-state index contributed by atoms with van der Waals surface area (Å²) in [5.41, 5.74) is 3.33. The number of rotatable bonds is 2. The van der Waals surface area contributed by atoms with Gasteiger partial charge in [0.05, 0.1) is 22.4 Å². The first kappa shape index (κ1) is 21.5. The van der Waals surface area contributed by atoms with Crippen LogP contribution in [-0.2, 0) is 0 Å². The second-order valence-electron chi connectivity index (χ2n) is 8.36. The summed E-state index contributed by atoms with van der Waals surface area (Å²) >= 11 is 7.09. The summed E-state index contributed by atoms with van der Waals surface area (Å²) in [4.78, 5) is 22.9. The van der Waals surface area contributed by atoms with Crippen molar-refractivity contribution in [2.24, 2.45) is 0 Å². The quantitative estimate of drug-likeness (QED) is 0.205. The van der Waals surface area contributed by atoms with Crippen LogP contribution in [0.15, 0.2) is 97.3 Å². The maximum Gasteiger partial charge on any atom is 0.344 e. The predicted molar refractivity (Wildman–Crippen MR) is 142 cm³/mol. The van der Waals surface area contributed by atoms with Crippen LogP contribution >= 0.6 is 31.9 Å². The van der Waals surface area contributed by atoms with Crippen molar-refractivity contribution in [1.82, 2.24) is 19.6 Å². The summed E-state index contributed by atoms with van der Waals surface area (Å²) in [6, 6.07) is 22.9. The van der Waals surface area contributed by atoms with Crippen molar-refractivity contribution in [3.8, 4) is 23.0 Å². The van der Waals surface area contributed by atoms with Crippen LogP contribution in [0.5, 0.6) is 11.6 Å². The van der Waals surface area contributed by atoms with Crippen LogP contribution < -0.4 is 10.4 Å². The Balaban J connectivity index is 1.55. The van der Waals surface area contributed by atoms with E-state index >= 15 is 0 Å². The number of hydrogen-bond acceptors (Lipinski definition) is 6. The third-order valence-corrected chi connectivity index (χ3v) is 7.50. The number of aromatic nitrogens is 4. The van der Waals surface area contributed by atoms with Crippen LogP contribution in [0.4, 0.5) is 0 Å². The van der Waals surface area contributed by atoms with E-state index in [1.807, 2.05) is 66.7 Å². The van der Waals surface area contributed by atoms with E-state index in [-0.39, 0.29) is 0 Å². The molecule has 0 N–H and O–H groups in total. The van der Waals surface area contributed by atoms with Crippen LogP contribution in [-0.4, -0.2) is 19.6 Å². The van der Waals surface area contributed by atoms with E-state index in [2.05, 4.69) is 41.9 Å². The van der Waals surface area contributed by atoms with Crippen molar-refractivity contribution in [3.63, 3.8) is 0 Å². The Kier molecular flexibility index (Phi) is 4.83. The standard InChI is InChI=1S/C27H14Br2N4O3/c28-15-11-9-14(10-12-15)20-21-23(17-6-2-4-8-19(17)35-27(21)34)36-26-22(20)25-31-24(32-33(25)13-30-26)16-5-1-3-7-18(16)29/h1-13,20H. The minimum Gasteiger partial charge on any atom is -0.437 e. The summed E-state index contributed by atoms with van der Waals surface area (Å²) < 4.78 is 15.5. The van der Waals surface area contributed by atoms with Gasteiger partial charge in [-0.05, 0) is 42.0 Å². The molecule has 1 unspecified atom stereocenters. The van der Waals surface area contributed by atoms with Crippen LogP contribution in [0.3, 0.4) is 0 Å². The highest BCUT2D eigenvalue weighted by Gasteiger charge is 2.37. The van der Waals surface area contributed by atoms with E-state index in [9.17, 15) is 4.79 Å². The molecule has 6 aromatic rings. The zero-order valence-corrected chi connectivity index (χ0v) is 21.5. The number of halogens is 2. The molecule has 0 spiro atoms. The highest BCUT2D eigenvalue weighted by molar-refractivity contribution is 9.10. The van der Waals surface area contributed by atoms with Gasteiger partial charge in [-0.3, -0.25) is 0 Å². The molecule has 0 bridgehead atoms. The zero-order chi connectivity index (χ0) is 24.4. The van der Waals surface area contributed by atoms with Crippen LogP contribution in [0.25, 0.3) is 28.0 Å². The Morgan fingerprint density at radius 1 is 0.889 bits per heavy atom. The number of fused-ring (bicyclic) bond motifs is 6. The molecular weight excluding hydrogens is 588 g/mol. The van der Waals surface area contributed by atoms with Gasteiger partial charge in [-0.15, -0.1) is 5.10 Å². The predicted octanol–water partition coefficient (Wildman–Crippen LogP) is 6.71. The third-order valence-electron chi connectivity index (χ3n) is 6.28. The van der Waals surface area contributed by atoms with E-state index in [4.69, 9.17) is 14.1 Å². The van der Waals surface area contributed by atoms with E-state index in [1.165, 1.54) is 0 Å². The van der Waals surface area contributed by atoms with Crippen LogP contribution in [0.2, 0.25) is 0 Å². The molecule has 9 heteroatoms.